The molecule has 0 unspecified atom stereocenters. The third-order valence-electron chi connectivity index (χ3n) is 6.41. The van der Waals surface area contributed by atoms with Gasteiger partial charge in [-0.3, -0.25) is 0 Å². The smallest absolute Gasteiger partial charge is 0.0162 e. The van der Waals surface area contributed by atoms with E-state index in [2.05, 4.69) is 32.9 Å². The van der Waals surface area contributed by atoms with Crippen molar-refractivity contribution < 1.29 is 0 Å². The molecule has 0 saturated heterocycles. The Morgan fingerprint density at radius 3 is 1.86 bits per heavy atom. The molecule has 3 rings (SSSR count). The first-order chi connectivity index (χ1) is 10.1. The zero-order valence-electron chi connectivity index (χ0n) is 14.3. The van der Waals surface area contributed by atoms with Crippen molar-refractivity contribution in [2.24, 2.45) is 11.8 Å². The molecule has 1 aromatic rings. The number of rotatable bonds is 3. The number of benzene rings is 1. The molecule has 2 fully saturated rings. The molecular formula is C21H32. The van der Waals surface area contributed by atoms with Gasteiger partial charge in [-0.2, -0.15) is 0 Å². The Labute approximate surface area is 131 Å². The summed E-state index contributed by atoms with van der Waals surface area (Å²) in [5.74, 6) is 2.95. The number of hydrogen-bond donors (Lipinski definition) is 0. The van der Waals surface area contributed by atoms with Crippen LogP contribution in [0.3, 0.4) is 0 Å². The van der Waals surface area contributed by atoms with E-state index in [9.17, 15) is 0 Å². The molecule has 2 saturated carbocycles. The second kappa shape index (κ2) is 6.55. The fourth-order valence-corrected chi connectivity index (χ4v) is 4.75. The minimum atomic E-state index is 0.836. The summed E-state index contributed by atoms with van der Waals surface area (Å²) in [7, 11) is 0. The normalized spacial score (nSPS) is 27.2. The summed E-state index contributed by atoms with van der Waals surface area (Å²) in [5, 5.41) is 0. The van der Waals surface area contributed by atoms with Crippen LogP contribution in [0.5, 0.6) is 0 Å². The van der Waals surface area contributed by atoms with Gasteiger partial charge in [0, 0.05) is 0 Å². The maximum absolute atomic E-state index is 2.46. The Balaban J connectivity index is 1.57. The van der Waals surface area contributed by atoms with Crippen LogP contribution in [0, 0.1) is 32.6 Å². The van der Waals surface area contributed by atoms with Crippen LogP contribution in [0.1, 0.15) is 86.0 Å². The van der Waals surface area contributed by atoms with Gasteiger partial charge in [0.05, 0.1) is 0 Å². The van der Waals surface area contributed by atoms with Crippen LogP contribution >= 0.6 is 0 Å². The molecule has 0 spiro atoms. The highest BCUT2D eigenvalue weighted by Gasteiger charge is 2.26. The van der Waals surface area contributed by atoms with Gasteiger partial charge in [-0.25, -0.2) is 0 Å². The monoisotopic (exact) mass is 284 g/mol. The van der Waals surface area contributed by atoms with Gasteiger partial charge >= 0.3 is 0 Å². The first-order valence-electron chi connectivity index (χ1n) is 9.21. The van der Waals surface area contributed by atoms with Crippen molar-refractivity contribution in [3.63, 3.8) is 0 Å². The van der Waals surface area contributed by atoms with E-state index < -0.39 is 0 Å². The van der Waals surface area contributed by atoms with Gasteiger partial charge < -0.3 is 0 Å². The Bertz CT molecular complexity index is 448. The maximum Gasteiger partial charge on any atom is -0.0162 e. The molecule has 0 amide bonds. The molecule has 116 valence electrons. The average Bonchev–Trinajstić information content (AvgIpc) is 2.98. The van der Waals surface area contributed by atoms with E-state index in [0.29, 0.717) is 0 Å². The summed E-state index contributed by atoms with van der Waals surface area (Å²) in [6.45, 7) is 6.81. The first-order valence-corrected chi connectivity index (χ1v) is 9.21. The van der Waals surface area contributed by atoms with Crippen LogP contribution in [0.15, 0.2) is 12.1 Å². The summed E-state index contributed by atoms with van der Waals surface area (Å²) >= 11 is 0. The Morgan fingerprint density at radius 2 is 1.29 bits per heavy atom. The van der Waals surface area contributed by atoms with Crippen molar-refractivity contribution in [3.05, 3.63) is 34.4 Å². The summed E-state index contributed by atoms with van der Waals surface area (Å²) in [6.07, 6.45) is 13.4. The lowest BCUT2D eigenvalue weighted by Crippen LogP contribution is -2.16. The van der Waals surface area contributed by atoms with Crippen LogP contribution in [0.25, 0.3) is 0 Å². The van der Waals surface area contributed by atoms with Crippen molar-refractivity contribution in [1.82, 2.24) is 0 Å². The molecule has 0 aromatic heterocycles. The molecule has 0 bridgehead atoms. The quantitative estimate of drug-likeness (QED) is 0.597. The minimum Gasteiger partial charge on any atom is -0.0555 e. The van der Waals surface area contributed by atoms with Crippen LogP contribution in [-0.4, -0.2) is 0 Å². The maximum atomic E-state index is 2.46. The standard InChI is InChI=1S/C21H32/c1-15-12-21(13-16(2)17(15)3)20-10-8-19(9-11-20)14-18-6-4-5-7-18/h12-13,18-20H,4-11,14H2,1-3H3. The lowest BCUT2D eigenvalue weighted by Gasteiger charge is -2.31. The van der Waals surface area contributed by atoms with Gasteiger partial charge in [-0.15, -0.1) is 0 Å². The topological polar surface area (TPSA) is 0 Å². The van der Waals surface area contributed by atoms with Gasteiger partial charge in [-0.05, 0) is 92.9 Å². The molecule has 0 heterocycles. The van der Waals surface area contributed by atoms with Crippen molar-refractivity contribution >= 4 is 0 Å². The second-order valence-corrected chi connectivity index (χ2v) is 7.88. The lowest BCUT2D eigenvalue weighted by molar-refractivity contribution is 0.270. The van der Waals surface area contributed by atoms with Crippen molar-refractivity contribution in [2.45, 2.75) is 84.5 Å². The lowest BCUT2D eigenvalue weighted by atomic mass is 9.75. The number of hydrogen-bond acceptors (Lipinski definition) is 0. The molecule has 2 aliphatic rings. The van der Waals surface area contributed by atoms with Gasteiger partial charge in [0.25, 0.3) is 0 Å². The molecule has 0 N–H and O–H groups in total. The second-order valence-electron chi connectivity index (χ2n) is 7.88. The summed E-state index contributed by atoms with van der Waals surface area (Å²) in [4.78, 5) is 0. The molecule has 0 heteroatoms. The molecule has 21 heavy (non-hydrogen) atoms. The third-order valence-corrected chi connectivity index (χ3v) is 6.41. The predicted molar refractivity (Wildman–Crippen MR) is 91.9 cm³/mol. The first kappa shape index (κ1) is 15.1. The number of aryl methyl sites for hydroxylation is 2. The zero-order valence-corrected chi connectivity index (χ0v) is 14.3. The molecule has 2 aliphatic carbocycles. The molecule has 0 radical (unpaired) electrons. The average molecular weight is 284 g/mol. The van der Waals surface area contributed by atoms with Crippen molar-refractivity contribution in [2.75, 3.05) is 0 Å². The molecular weight excluding hydrogens is 252 g/mol. The van der Waals surface area contributed by atoms with Crippen molar-refractivity contribution in [1.29, 1.82) is 0 Å². The SMILES string of the molecule is Cc1cc(C2CCC(CC3CCCC3)CC2)cc(C)c1C. The van der Waals surface area contributed by atoms with E-state index >= 15 is 0 Å². The molecule has 0 aliphatic heterocycles. The Hall–Kier alpha value is -0.780. The summed E-state index contributed by atoms with van der Waals surface area (Å²) in [6, 6.07) is 4.93. The van der Waals surface area contributed by atoms with Crippen molar-refractivity contribution in [3.8, 4) is 0 Å². The Morgan fingerprint density at radius 1 is 0.762 bits per heavy atom. The largest absolute Gasteiger partial charge is 0.0555 e. The van der Waals surface area contributed by atoms with E-state index in [-0.39, 0.29) is 0 Å². The highest BCUT2D eigenvalue weighted by molar-refractivity contribution is 5.38. The zero-order chi connectivity index (χ0) is 14.8. The predicted octanol–water partition coefficient (Wildman–Crippen LogP) is 6.47. The highest BCUT2D eigenvalue weighted by Crippen LogP contribution is 2.41. The van der Waals surface area contributed by atoms with E-state index in [0.717, 1.165) is 17.8 Å². The van der Waals surface area contributed by atoms with Gasteiger partial charge in [0.15, 0.2) is 0 Å². The Kier molecular flexibility index (Phi) is 4.72. The third kappa shape index (κ3) is 3.52. The van der Waals surface area contributed by atoms with Crippen LogP contribution < -0.4 is 0 Å². The fraction of sp³-hybridized carbons (Fsp3) is 0.714. The molecule has 0 nitrogen and oxygen atoms in total. The summed E-state index contributed by atoms with van der Waals surface area (Å²) in [5.41, 5.74) is 6.07. The van der Waals surface area contributed by atoms with E-state index in [4.69, 9.17) is 0 Å². The highest BCUT2D eigenvalue weighted by atomic mass is 14.3. The van der Waals surface area contributed by atoms with E-state index in [1.54, 1.807) is 12.0 Å². The van der Waals surface area contributed by atoms with E-state index in [1.807, 2.05) is 0 Å². The summed E-state index contributed by atoms with van der Waals surface area (Å²) < 4.78 is 0. The molecule has 0 atom stereocenters. The fourth-order valence-electron chi connectivity index (χ4n) is 4.75. The van der Waals surface area contributed by atoms with Crippen LogP contribution in [0.4, 0.5) is 0 Å². The van der Waals surface area contributed by atoms with Gasteiger partial charge in [-0.1, -0.05) is 37.8 Å². The molecule has 1 aromatic carbocycles. The van der Waals surface area contributed by atoms with Crippen LogP contribution in [-0.2, 0) is 0 Å². The van der Waals surface area contributed by atoms with E-state index in [1.165, 1.54) is 68.1 Å². The minimum absolute atomic E-state index is 0.836. The van der Waals surface area contributed by atoms with Gasteiger partial charge in [0.1, 0.15) is 0 Å². The van der Waals surface area contributed by atoms with Crippen LogP contribution in [0.2, 0.25) is 0 Å². The van der Waals surface area contributed by atoms with Gasteiger partial charge in [0.2, 0.25) is 0 Å².